The summed E-state index contributed by atoms with van der Waals surface area (Å²) in [6.07, 6.45) is 6.20. The number of hydrogen-bond acceptors (Lipinski definition) is 4. The quantitative estimate of drug-likeness (QED) is 0.246. The first-order chi connectivity index (χ1) is 10.2. The molecule has 0 aliphatic carbocycles. The molecule has 0 saturated carbocycles. The van der Waals surface area contributed by atoms with Crippen LogP contribution in [0.25, 0.3) is 0 Å². The molecule has 0 aliphatic heterocycles. The molecule has 4 nitrogen and oxygen atoms in total. The third kappa shape index (κ3) is 6.43. The molecule has 1 aromatic carbocycles. The van der Waals surface area contributed by atoms with Crippen LogP contribution in [0.4, 0.5) is 0 Å². The van der Waals surface area contributed by atoms with Crippen LogP contribution in [0.5, 0.6) is 0 Å². The summed E-state index contributed by atoms with van der Waals surface area (Å²) in [5.74, 6) is -0.169. The zero-order chi connectivity index (χ0) is 15.5. The van der Waals surface area contributed by atoms with Crippen LogP contribution in [0.15, 0.2) is 29.4 Å². The van der Waals surface area contributed by atoms with Crippen molar-refractivity contribution in [3.63, 3.8) is 0 Å². The Labute approximate surface area is 126 Å². The van der Waals surface area contributed by atoms with Crippen LogP contribution >= 0.6 is 0 Å². The highest BCUT2D eigenvalue weighted by atomic mass is 16.5. The van der Waals surface area contributed by atoms with Crippen molar-refractivity contribution >= 4 is 11.7 Å². The van der Waals surface area contributed by atoms with E-state index in [4.69, 9.17) is 5.21 Å². The average Bonchev–Trinajstić information content (AvgIpc) is 2.52. The molecule has 0 spiro atoms. The molecule has 0 bridgehead atoms. The van der Waals surface area contributed by atoms with Gasteiger partial charge in [-0.3, -0.25) is 4.79 Å². The van der Waals surface area contributed by atoms with E-state index in [1.807, 2.05) is 24.3 Å². The van der Waals surface area contributed by atoms with E-state index in [0.29, 0.717) is 6.42 Å². The Morgan fingerprint density at radius 1 is 1.14 bits per heavy atom. The second kappa shape index (κ2) is 9.97. The molecular weight excluding hydrogens is 266 g/mol. The fourth-order valence-electron chi connectivity index (χ4n) is 2.20. The van der Waals surface area contributed by atoms with Crippen molar-refractivity contribution in [1.82, 2.24) is 0 Å². The Morgan fingerprint density at radius 2 is 1.86 bits per heavy atom. The lowest BCUT2D eigenvalue weighted by Crippen LogP contribution is -2.02. The molecule has 1 aromatic rings. The third-order valence-corrected chi connectivity index (χ3v) is 3.50. The molecule has 0 aromatic heterocycles. The Bertz CT molecular complexity index is 452. The number of methoxy groups -OCH3 is 1. The van der Waals surface area contributed by atoms with Crippen molar-refractivity contribution in [2.75, 3.05) is 7.11 Å². The average molecular weight is 291 g/mol. The van der Waals surface area contributed by atoms with Gasteiger partial charge in [-0.1, -0.05) is 49.2 Å². The predicted octanol–water partition coefficient (Wildman–Crippen LogP) is 3.94. The van der Waals surface area contributed by atoms with Crippen molar-refractivity contribution in [2.45, 2.75) is 51.9 Å². The number of hydrogen-bond donors (Lipinski definition) is 1. The molecule has 0 unspecified atom stereocenters. The molecule has 0 amide bonds. The number of ether oxygens (including phenoxy) is 1. The van der Waals surface area contributed by atoms with Crippen LogP contribution in [0.3, 0.4) is 0 Å². The highest BCUT2D eigenvalue weighted by Crippen LogP contribution is 2.12. The fourth-order valence-corrected chi connectivity index (χ4v) is 2.20. The molecule has 0 fully saturated rings. The minimum atomic E-state index is -0.169. The molecule has 0 atom stereocenters. The Hall–Kier alpha value is -1.84. The zero-order valence-corrected chi connectivity index (χ0v) is 13.0. The predicted molar refractivity (Wildman–Crippen MR) is 83.9 cm³/mol. The minimum Gasteiger partial charge on any atom is -0.469 e. The van der Waals surface area contributed by atoms with Crippen molar-refractivity contribution in [1.29, 1.82) is 0 Å². The first-order valence-electron chi connectivity index (χ1n) is 7.58. The zero-order valence-electron chi connectivity index (χ0n) is 13.0. The van der Waals surface area contributed by atoms with E-state index in [2.05, 4.69) is 16.8 Å². The normalized spacial score (nSPS) is 11.4. The van der Waals surface area contributed by atoms with E-state index >= 15 is 0 Å². The number of carbonyl (C=O) groups is 1. The van der Waals surface area contributed by atoms with E-state index in [1.54, 1.807) is 0 Å². The molecule has 0 saturated heterocycles. The summed E-state index contributed by atoms with van der Waals surface area (Å²) >= 11 is 0. The van der Waals surface area contributed by atoms with Crippen LogP contribution in [0.2, 0.25) is 0 Å². The third-order valence-electron chi connectivity index (χ3n) is 3.50. The van der Waals surface area contributed by atoms with Crippen LogP contribution in [-0.4, -0.2) is 24.0 Å². The van der Waals surface area contributed by atoms with Crippen molar-refractivity contribution in [2.24, 2.45) is 5.16 Å². The highest BCUT2D eigenvalue weighted by Gasteiger charge is 2.05. The standard InChI is InChI=1S/C17H25NO3/c1-3-4-5-8-16(18-20)15-12-10-14(11-13-15)7-6-9-17(19)21-2/h10-13,20H,3-9H2,1-2H3. The summed E-state index contributed by atoms with van der Waals surface area (Å²) in [5, 5.41) is 12.5. The maximum Gasteiger partial charge on any atom is 0.305 e. The molecule has 116 valence electrons. The van der Waals surface area contributed by atoms with E-state index in [0.717, 1.165) is 49.8 Å². The van der Waals surface area contributed by atoms with Gasteiger partial charge in [0.05, 0.1) is 12.8 Å². The summed E-state index contributed by atoms with van der Waals surface area (Å²) in [4.78, 5) is 11.0. The molecule has 4 heteroatoms. The molecule has 1 rings (SSSR count). The van der Waals surface area contributed by atoms with Gasteiger partial charge in [-0.25, -0.2) is 0 Å². The van der Waals surface area contributed by atoms with Gasteiger partial charge >= 0.3 is 5.97 Å². The number of unbranched alkanes of at least 4 members (excludes halogenated alkanes) is 2. The lowest BCUT2D eigenvalue weighted by molar-refractivity contribution is -0.140. The maximum atomic E-state index is 11.0. The number of oxime groups is 1. The van der Waals surface area contributed by atoms with Gasteiger partial charge in [0, 0.05) is 6.42 Å². The number of carbonyl (C=O) groups excluding carboxylic acids is 1. The number of benzene rings is 1. The molecule has 1 N–H and O–H groups in total. The van der Waals surface area contributed by atoms with E-state index < -0.39 is 0 Å². The van der Waals surface area contributed by atoms with Gasteiger partial charge in [-0.15, -0.1) is 0 Å². The van der Waals surface area contributed by atoms with Gasteiger partial charge in [0.15, 0.2) is 0 Å². The van der Waals surface area contributed by atoms with Gasteiger partial charge in [0.1, 0.15) is 0 Å². The lowest BCUT2D eigenvalue weighted by Gasteiger charge is -2.06. The van der Waals surface area contributed by atoms with Crippen molar-refractivity contribution < 1.29 is 14.7 Å². The monoisotopic (exact) mass is 291 g/mol. The first kappa shape index (κ1) is 17.2. The highest BCUT2D eigenvalue weighted by molar-refractivity contribution is 6.00. The fraction of sp³-hybridized carbons (Fsp3) is 0.529. The second-order valence-corrected chi connectivity index (χ2v) is 5.13. The maximum absolute atomic E-state index is 11.0. The Kier molecular flexibility index (Phi) is 8.17. The van der Waals surface area contributed by atoms with Gasteiger partial charge < -0.3 is 9.94 Å². The molecule has 0 radical (unpaired) electrons. The summed E-state index contributed by atoms with van der Waals surface area (Å²) in [5.41, 5.74) is 2.88. The lowest BCUT2D eigenvalue weighted by atomic mass is 10.0. The van der Waals surface area contributed by atoms with Crippen LogP contribution in [-0.2, 0) is 16.0 Å². The van der Waals surface area contributed by atoms with Crippen molar-refractivity contribution in [3.8, 4) is 0 Å². The van der Waals surface area contributed by atoms with E-state index in [-0.39, 0.29) is 5.97 Å². The number of nitrogens with zero attached hydrogens (tertiary/aromatic N) is 1. The Balaban J connectivity index is 2.50. The summed E-state index contributed by atoms with van der Waals surface area (Å²) in [7, 11) is 1.41. The topological polar surface area (TPSA) is 58.9 Å². The minimum absolute atomic E-state index is 0.169. The van der Waals surface area contributed by atoms with Gasteiger partial charge in [-0.2, -0.15) is 0 Å². The van der Waals surface area contributed by atoms with Crippen molar-refractivity contribution in [3.05, 3.63) is 35.4 Å². The van der Waals surface area contributed by atoms with Crippen LogP contribution in [0, 0.1) is 0 Å². The summed E-state index contributed by atoms with van der Waals surface area (Å²) < 4.78 is 4.62. The van der Waals surface area contributed by atoms with E-state index in [1.165, 1.54) is 12.7 Å². The van der Waals surface area contributed by atoms with Crippen LogP contribution in [0.1, 0.15) is 56.6 Å². The Morgan fingerprint density at radius 3 is 2.43 bits per heavy atom. The molecule has 0 heterocycles. The van der Waals surface area contributed by atoms with Gasteiger partial charge in [0.2, 0.25) is 0 Å². The smallest absolute Gasteiger partial charge is 0.305 e. The summed E-state index contributed by atoms with van der Waals surface area (Å²) in [6, 6.07) is 8.01. The molecular formula is C17H25NO3. The first-order valence-corrected chi connectivity index (χ1v) is 7.58. The van der Waals surface area contributed by atoms with E-state index in [9.17, 15) is 4.79 Å². The summed E-state index contributed by atoms with van der Waals surface area (Å²) in [6.45, 7) is 2.15. The van der Waals surface area contributed by atoms with Gasteiger partial charge in [0.25, 0.3) is 0 Å². The number of aryl methyl sites for hydroxylation is 1. The number of rotatable bonds is 9. The number of esters is 1. The van der Waals surface area contributed by atoms with Crippen LogP contribution < -0.4 is 0 Å². The SMILES string of the molecule is CCCCCC(=NO)c1ccc(CCCC(=O)OC)cc1. The molecule has 0 aliphatic rings. The molecule has 21 heavy (non-hydrogen) atoms. The largest absolute Gasteiger partial charge is 0.469 e. The second-order valence-electron chi connectivity index (χ2n) is 5.13. The van der Waals surface area contributed by atoms with Gasteiger partial charge in [-0.05, 0) is 36.8 Å².